The first kappa shape index (κ1) is 27.0. The number of guanidine groups is 1. The van der Waals surface area contributed by atoms with E-state index in [2.05, 4.69) is 22.5 Å². The lowest BCUT2D eigenvalue weighted by Crippen LogP contribution is -2.48. The number of nitrogens with zero attached hydrogens (tertiary/aromatic N) is 1. The quantitative estimate of drug-likeness (QED) is 0.186. The van der Waals surface area contributed by atoms with Crippen LogP contribution in [0.15, 0.2) is 4.99 Å². The number of carbonyl (C=O) groups is 2. The fraction of sp³-hybridized carbons (Fsp3) is 0.857. The van der Waals surface area contributed by atoms with Crippen LogP contribution in [0.3, 0.4) is 0 Å². The molecule has 2 amide bonds. The zero-order chi connectivity index (χ0) is 22.1. The van der Waals surface area contributed by atoms with Crippen LogP contribution in [-0.2, 0) is 9.53 Å². The smallest absolute Gasteiger partial charge is 0.408 e. The molecule has 0 rings (SSSR count). The monoisotopic (exact) mass is 413 g/mol. The molecular formula is C21H43N5O3. The van der Waals surface area contributed by atoms with E-state index in [1.807, 2.05) is 0 Å². The zero-order valence-corrected chi connectivity index (χ0v) is 18.9. The standard InChI is InChI=1S/C21H43N5O3/c1-5-6-7-8-9-10-11-12-15-24-18(27)17(14-13-16-25-19(22)23)26-20(28)29-21(2,3)4/h17H,5-16H2,1-4H3,(H,24,27)(H,26,28)(H4,22,23,25). The molecule has 0 aliphatic rings. The van der Waals surface area contributed by atoms with Crippen molar-refractivity contribution in [3.63, 3.8) is 0 Å². The summed E-state index contributed by atoms with van der Waals surface area (Å²) in [5.74, 6) is -0.190. The highest BCUT2D eigenvalue weighted by Gasteiger charge is 2.23. The topological polar surface area (TPSA) is 132 Å². The Labute approximate surface area is 176 Å². The number of hydrogen-bond donors (Lipinski definition) is 4. The number of ether oxygens (including phenoxy) is 1. The van der Waals surface area contributed by atoms with Gasteiger partial charge >= 0.3 is 6.09 Å². The van der Waals surface area contributed by atoms with E-state index in [9.17, 15) is 9.59 Å². The minimum absolute atomic E-state index is 0.0146. The third-order valence-corrected chi connectivity index (χ3v) is 4.28. The molecule has 1 unspecified atom stereocenters. The van der Waals surface area contributed by atoms with E-state index < -0.39 is 17.7 Å². The van der Waals surface area contributed by atoms with Gasteiger partial charge in [-0.15, -0.1) is 0 Å². The molecule has 0 aliphatic carbocycles. The Kier molecular flexibility index (Phi) is 14.8. The Morgan fingerprint density at radius 3 is 2.10 bits per heavy atom. The number of amides is 2. The maximum absolute atomic E-state index is 12.5. The van der Waals surface area contributed by atoms with Gasteiger partial charge in [0.05, 0.1) is 0 Å². The Balaban J connectivity index is 4.30. The Morgan fingerprint density at radius 1 is 0.966 bits per heavy atom. The summed E-state index contributed by atoms with van der Waals surface area (Å²) in [5, 5.41) is 5.58. The molecule has 0 aromatic rings. The molecule has 0 saturated carbocycles. The number of unbranched alkanes of at least 4 members (excludes halogenated alkanes) is 7. The molecule has 0 fully saturated rings. The first-order valence-corrected chi connectivity index (χ1v) is 11.0. The normalized spacial score (nSPS) is 12.1. The number of rotatable bonds is 15. The first-order chi connectivity index (χ1) is 13.7. The predicted molar refractivity (Wildman–Crippen MR) is 119 cm³/mol. The van der Waals surface area contributed by atoms with Crippen LogP contribution in [0.2, 0.25) is 0 Å². The second kappa shape index (κ2) is 15.9. The molecule has 0 aromatic heterocycles. The molecule has 0 heterocycles. The van der Waals surface area contributed by atoms with Crippen LogP contribution in [0, 0.1) is 0 Å². The molecule has 170 valence electrons. The van der Waals surface area contributed by atoms with E-state index >= 15 is 0 Å². The van der Waals surface area contributed by atoms with E-state index in [1.54, 1.807) is 20.8 Å². The molecule has 0 spiro atoms. The molecule has 0 radical (unpaired) electrons. The van der Waals surface area contributed by atoms with Crippen molar-refractivity contribution in [3.05, 3.63) is 0 Å². The molecule has 0 saturated heterocycles. The number of aliphatic imine (C=N–C) groups is 1. The lowest BCUT2D eigenvalue weighted by Gasteiger charge is -2.23. The lowest BCUT2D eigenvalue weighted by atomic mass is 10.1. The van der Waals surface area contributed by atoms with Gasteiger partial charge in [0.25, 0.3) is 0 Å². The van der Waals surface area contributed by atoms with Gasteiger partial charge in [-0.25, -0.2) is 4.79 Å². The SMILES string of the molecule is CCCCCCCCCCNC(=O)C(CCCN=C(N)N)NC(=O)OC(C)(C)C. The number of alkyl carbamates (subject to hydrolysis) is 1. The summed E-state index contributed by atoms with van der Waals surface area (Å²) in [6.07, 6.45) is 10.0. The highest BCUT2D eigenvalue weighted by Crippen LogP contribution is 2.09. The van der Waals surface area contributed by atoms with Crippen molar-refractivity contribution < 1.29 is 14.3 Å². The van der Waals surface area contributed by atoms with Crippen LogP contribution < -0.4 is 22.1 Å². The highest BCUT2D eigenvalue weighted by atomic mass is 16.6. The Morgan fingerprint density at radius 2 is 1.55 bits per heavy atom. The molecular weight excluding hydrogens is 370 g/mol. The van der Waals surface area contributed by atoms with E-state index in [0.717, 1.165) is 12.8 Å². The Hall–Kier alpha value is -1.99. The van der Waals surface area contributed by atoms with Crippen LogP contribution in [-0.4, -0.2) is 42.7 Å². The fourth-order valence-electron chi connectivity index (χ4n) is 2.82. The summed E-state index contributed by atoms with van der Waals surface area (Å²) in [6, 6.07) is -0.673. The van der Waals surface area contributed by atoms with Crippen LogP contribution in [0.5, 0.6) is 0 Å². The van der Waals surface area contributed by atoms with Crippen LogP contribution in [0.25, 0.3) is 0 Å². The van der Waals surface area contributed by atoms with Crippen molar-refractivity contribution >= 4 is 18.0 Å². The third kappa shape index (κ3) is 17.8. The maximum atomic E-state index is 12.5. The van der Waals surface area contributed by atoms with Crippen molar-refractivity contribution in [3.8, 4) is 0 Å². The zero-order valence-electron chi connectivity index (χ0n) is 18.9. The fourth-order valence-corrected chi connectivity index (χ4v) is 2.82. The average molecular weight is 414 g/mol. The van der Waals surface area contributed by atoms with Gasteiger partial charge in [-0.3, -0.25) is 9.79 Å². The number of hydrogen-bond acceptors (Lipinski definition) is 4. The minimum Gasteiger partial charge on any atom is -0.444 e. The van der Waals surface area contributed by atoms with Crippen molar-refractivity contribution in [2.75, 3.05) is 13.1 Å². The maximum Gasteiger partial charge on any atom is 0.408 e. The summed E-state index contributed by atoms with van der Waals surface area (Å²) in [4.78, 5) is 28.5. The molecule has 0 aliphatic heterocycles. The number of nitrogens with two attached hydrogens (primary N) is 2. The molecule has 6 N–H and O–H groups in total. The van der Waals surface area contributed by atoms with Gasteiger partial charge in [0.2, 0.25) is 5.91 Å². The van der Waals surface area contributed by atoms with E-state index in [0.29, 0.717) is 25.9 Å². The molecule has 1 atom stereocenters. The van der Waals surface area contributed by atoms with Gasteiger partial charge in [-0.2, -0.15) is 0 Å². The largest absolute Gasteiger partial charge is 0.444 e. The second-order valence-electron chi connectivity index (χ2n) is 8.41. The second-order valence-corrected chi connectivity index (χ2v) is 8.41. The molecule has 0 aromatic carbocycles. The van der Waals surface area contributed by atoms with Gasteiger partial charge < -0.3 is 26.8 Å². The van der Waals surface area contributed by atoms with Crippen molar-refractivity contribution in [2.24, 2.45) is 16.5 Å². The van der Waals surface area contributed by atoms with E-state index in [-0.39, 0.29) is 11.9 Å². The van der Waals surface area contributed by atoms with Gasteiger partial charge in [-0.1, -0.05) is 51.9 Å². The number of nitrogens with one attached hydrogen (secondary N) is 2. The first-order valence-electron chi connectivity index (χ1n) is 11.0. The van der Waals surface area contributed by atoms with Crippen LogP contribution in [0.4, 0.5) is 4.79 Å². The Bertz CT molecular complexity index is 485. The lowest BCUT2D eigenvalue weighted by molar-refractivity contribution is -0.123. The summed E-state index contributed by atoms with van der Waals surface area (Å²) < 4.78 is 5.26. The van der Waals surface area contributed by atoms with E-state index in [1.165, 1.54) is 38.5 Å². The van der Waals surface area contributed by atoms with Gasteiger partial charge in [0.15, 0.2) is 5.96 Å². The molecule has 8 nitrogen and oxygen atoms in total. The molecule has 29 heavy (non-hydrogen) atoms. The van der Waals surface area contributed by atoms with Gasteiger partial charge in [0, 0.05) is 13.1 Å². The van der Waals surface area contributed by atoms with Crippen molar-refractivity contribution in [1.29, 1.82) is 0 Å². The summed E-state index contributed by atoms with van der Waals surface area (Å²) in [6.45, 7) is 8.57. The average Bonchev–Trinajstić information content (AvgIpc) is 2.61. The van der Waals surface area contributed by atoms with Crippen molar-refractivity contribution in [1.82, 2.24) is 10.6 Å². The molecule has 0 bridgehead atoms. The van der Waals surface area contributed by atoms with Crippen LogP contribution >= 0.6 is 0 Å². The van der Waals surface area contributed by atoms with Crippen LogP contribution in [0.1, 0.15) is 91.9 Å². The van der Waals surface area contributed by atoms with Crippen molar-refractivity contribution in [2.45, 2.75) is 104 Å². The minimum atomic E-state index is -0.673. The summed E-state index contributed by atoms with van der Waals surface area (Å²) in [7, 11) is 0. The van der Waals surface area contributed by atoms with Gasteiger partial charge in [-0.05, 0) is 40.0 Å². The van der Waals surface area contributed by atoms with E-state index in [4.69, 9.17) is 16.2 Å². The summed E-state index contributed by atoms with van der Waals surface area (Å²) >= 11 is 0. The summed E-state index contributed by atoms with van der Waals surface area (Å²) in [5.41, 5.74) is 10.0. The number of carbonyl (C=O) groups excluding carboxylic acids is 2. The highest BCUT2D eigenvalue weighted by molar-refractivity contribution is 5.85. The van der Waals surface area contributed by atoms with Gasteiger partial charge in [0.1, 0.15) is 11.6 Å². The predicted octanol–water partition coefficient (Wildman–Crippen LogP) is 3.19. The third-order valence-electron chi connectivity index (χ3n) is 4.28. The molecule has 8 heteroatoms.